The van der Waals surface area contributed by atoms with Crippen LogP contribution in [0.25, 0.3) is 0 Å². The van der Waals surface area contributed by atoms with E-state index in [-0.39, 0.29) is 57.5 Å². The highest BCUT2D eigenvalue weighted by Crippen LogP contribution is 2.79. The summed E-state index contributed by atoms with van der Waals surface area (Å²) in [6.07, 6.45) is 31.4. The summed E-state index contributed by atoms with van der Waals surface area (Å²) in [5.41, 5.74) is 0.514. The fourth-order valence-electron chi connectivity index (χ4n) is 39.8. The third-order valence-electron chi connectivity index (χ3n) is 42.2. The Hall–Kier alpha value is -3.18. The second-order valence-electron chi connectivity index (χ2n) is 44.3. The molecule has 102 heavy (non-hydrogen) atoms. The van der Waals surface area contributed by atoms with Crippen molar-refractivity contribution in [1.82, 2.24) is 0 Å². The zero-order chi connectivity index (χ0) is 68.7. The van der Waals surface area contributed by atoms with Crippen molar-refractivity contribution < 1.29 is 57.2 Å². The van der Waals surface area contributed by atoms with E-state index in [1.165, 1.54) is 122 Å². The molecular formula is C90H124O12. The molecule has 22 bridgehead atoms. The molecule has 6 aliphatic heterocycles. The maximum atomic E-state index is 12.2. The van der Waals surface area contributed by atoms with Gasteiger partial charge in [0.1, 0.15) is 0 Å². The van der Waals surface area contributed by atoms with Gasteiger partial charge in [-0.15, -0.1) is 0 Å². The first kappa shape index (κ1) is 64.8. The standard InChI is InChI=1S/3C16H22O2.2C15H20O2.C12H18O2/c1-8-2-9-3-11(8)14-10-4-12(15(9)14)16(5-10)6-13(17)18-7-16;1-8-2-9-3-11(8)15-12-4-10(14(9)15)5-16(12)6-13(17)18-7-16;1-8-4-9-5-11(8)13-10-6-12(14(9)13)16(7-10)2-3-18-15(16)17;1-6-2-7-3-8(6)13-9-4-10(12(7)13)14-11(9)5-17-15(14)16;1-6-2-7-3-8(6)13-10-4-9(12(7)13)11-5-17-15(16)14(10)11;1-7-8(2)10-5-9(7)6-12(10)3-4-14-11(12)13/h2*8-12,14-15H,2-7H2,1H3;8-14H,2-7H2,1H3;2*6-14H,2-5H2,1H3;7-10H,3-6H2,1-2H3. The van der Waals surface area contributed by atoms with Crippen LogP contribution < -0.4 is 0 Å². The maximum Gasteiger partial charge on any atom is 0.312 e. The minimum Gasteiger partial charge on any atom is -0.465 e. The van der Waals surface area contributed by atoms with Crippen LogP contribution in [0.15, 0.2) is 0 Å². The van der Waals surface area contributed by atoms with E-state index in [0.717, 1.165) is 266 Å². The van der Waals surface area contributed by atoms with Crippen LogP contribution in [0.2, 0.25) is 0 Å². The molecule has 22 aliphatic carbocycles. The molecule has 12 heteroatoms. The molecular weight excluding hydrogens is 1270 g/mol. The molecule has 0 amide bonds. The molecule has 0 aromatic carbocycles. The van der Waals surface area contributed by atoms with Gasteiger partial charge in [0.2, 0.25) is 0 Å². The van der Waals surface area contributed by atoms with Crippen LogP contribution in [0, 0.1) is 276 Å². The summed E-state index contributed by atoms with van der Waals surface area (Å²) in [7, 11) is 0. The highest BCUT2D eigenvalue weighted by Gasteiger charge is 2.76. The van der Waals surface area contributed by atoms with E-state index in [1.807, 2.05) is 0 Å². The van der Waals surface area contributed by atoms with Gasteiger partial charge in [0.15, 0.2) is 0 Å². The van der Waals surface area contributed by atoms with Crippen molar-refractivity contribution in [3.05, 3.63) is 0 Å². The number of esters is 6. The van der Waals surface area contributed by atoms with Crippen LogP contribution in [0.4, 0.5) is 0 Å². The Morgan fingerprint density at radius 3 is 1.14 bits per heavy atom. The van der Waals surface area contributed by atoms with Gasteiger partial charge in [0.05, 0.1) is 75.1 Å². The largest absolute Gasteiger partial charge is 0.465 e. The van der Waals surface area contributed by atoms with E-state index in [4.69, 9.17) is 28.4 Å². The summed E-state index contributed by atoms with van der Waals surface area (Å²) in [4.78, 5) is 71.0. The lowest BCUT2D eigenvalue weighted by molar-refractivity contribution is -0.151. The van der Waals surface area contributed by atoms with Gasteiger partial charge in [-0.05, 0) is 372 Å². The lowest BCUT2D eigenvalue weighted by atomic mass is 9.59. The predicted molar refractivity (Wildman–Crippen MR) is 376 cm³/mol. The third kappa shape index (κ3) is 8.32. The first-order valence-electron chi connectivity index (χ1n) is 44.2. The Balaban J connectivity index is 0.0000000755. The minimum atomic E-state index is -0.0450. The van der Waals surface area contributed by atoms with E-state index < -0.39 is 0 Å². The minimum absolute atomic E-state index is 0.0143. The van der Waals surface area contributed by atoms with Crippen LogP contribution in [0.5, 0.6) is 0 Å². The normalized spacial score (nSPS) is 63.5. The summed E-state index contributed by atoms with van der Waals surface area (Å²) >= 11 is 0. The molecule has 6 saturated heterocycles. The molecule has 0 N–H and O–H groups in total. The van der Waals surface area contributed by atoms with Crippen molar-refractivity contribution in [3.8, 4) is 0 Å². The summed E-state index contributed by atoms with van der Waals surface area (Å²) in [6, 6.07) is 0. The van der Waals surface area contributed by atoms with Crippen molar-refractivity contribution >= 4 is 35.8 Å². The van der Waals surface area contributed by atoms with Crippen molar-refractivity contribution in [3.63, 3.8) is 0 Å². The molecule has 0 radical (unpaired) electrons. The van der Waals surface area contributed by atoms with Crippen molar-refractivity contribution in [2.24, 2.45) is 276 Å². The van der Waals surface area contributed by atoms with E-state index >= 15 is 0 Å². The Kier molecular flexibility index (Phi) is 14.0. The number of hydrogen-bond acceptors (Lipinski definition) is 12. The third-order valence-corrected chi connectivity index (χ3v) is 42.2. The molecule has 556 valence electrons. The summed E-state index contributed by atoms with van der Waals surface area (Å²) in [5.74, 6) is 38.2. The van der Waals surface area contributed by atoms with Gasteiger partial charge in [-0.3, -0.25) is 28.8 Å². The quantitative estimate of drug-likeness (QED) is 0.129. The van der Waals surface area contributed by atoms with Crippen molar-refractivity contribution in [2.45, 2.75) is 203 Å². The van der Waals surface area contributed by atoms with Crippen LogP contribution in [0.1, 0.15) is 203 Å². The molecule has 0 aromatic heterocycles. The zero-order valence-corrected chi connectivity index (χ0v) is 62.9. The monoisotopic (exact) mass is 1400 g/mol. The topological polar surface area (TPSA) is 158 Å². The summed E-state index contributed by atoms with van der Waals surface area (Å²) in [5, 5.41) is 0. The molecule has 47 atom stereocenters. The number of fused-ring (bicyclic) bond motifs is 57. The molecule has 22 saturated carbocycles. The number of carbonyl (C=O) groups excluding carboxylic acids is 6. The highest BCUT2D eigenvalue weighted by atomic mass is 16.6. The van der Waals surface area contributed by atoms with Gasteiger partial charge in [-0.1, -0.05) is 48.5 Å². The van der Waals surface area contributed by atoms with Gasteiger partial charge in [0.25, 0.3) is 0 Å². The molecule has 28 aliphatic rings. The second kappa shape index (κ2) is 22.1. The molecule has 4 spiro atoms. The molecule has 28 rings (SSSR count). The molecule has 47 unspecified atom stereocenters. The van der Waals surface area contributed by atoms with Gasteiger partial charge >= 0.3 is 35.8 Å². The Morgan fingerprint density at radius 1 is 0.284 bits per heavy atom. The van der Waals surface area contributed by atoms with Crippen LogP contribution in [-0.2, 0) is 57.2 Å². The predicted octanol–water partition coefficient (Wildman–Crippen LogP) is 15.5. The number of cyclic esters (lactones) is 6. The van der Waals surface area contributed by atoms with Crippen molar-refractivity contribution in [1.29, 1.82) is 0 Å². The lowest BCUT2D eigenvalue weighted by Gasteiger charge is -2.44. The summed E-state index contributed by atoms with van der Waals surface area (Å²) in [6.45, 7) is 21.4. The second-order valence-corrected chi connectivity index (χ2v) is 44.3. The number of ether oxygens (including phenoxy) is 6. The Morgan fingerprint density at radius 2 is 0.657 bits per heavy atom. The van der Waals surface area contributed by atoms with Gasteiger partial charge in [0, 0.05) is 22.7 Å². The fraction of sp³-hybridized carbons (Fsp3) is 0.933. The molecule has 12 nitrogen and oxygen atoms in total. The lowest BCUT2D eigenvalue weighted by Crippen LogP contribution is -2.43. The first-order valence-corrected chi connectivity index (χ1v) is 44.2. The van der Waals surface area contributed by atoms with E-state index in [9.17, 15) is 28.8 Å². The average Bonchev–Trinajstić information content (AvgIpc) is 1.56. The molecule has 28 fully saturated rings. The van der Waals surface area contributed by atoms with Crippen LogP contribution in [0.3, 0.4) is 0 Å². The average molecular weight is 1400 g/mol. The SMILES string of the molecule is CC1C2CC(C1C)C1(CCOC1=O)C2.CC1CC2CC1C1C2C2CC1C1(COC(=O)C1)C2.CC1CC2CC1C1C3CC(C21)C1(CCOC1=O)C3.CC1CC2CC1C1C3CC(C21)C1(COC(=O)C1)C3.CC1CC2CC1C1C3CC(C4C(=O)OCC34)C21.CC1CC2CC1C1C3CC(C4COC(=O)C43)C21. The summed E-state index contributed by atoms with van der Waals surface area (Å²) < 4.78 is 31.9. The van der Waals surface area contributed by atoms with Crippen LogP contribution in [-0.4, -0.2) is 75.5 Å². The fourth-order valence-corrected chi connectivity index (χ4v) is 39.8. The number of hydrogen-bond donors (Lipinski definition) is 0. The van der Waals surface area contributed by atoms with E-state index in [0.29, 0.717) is 60.6 Å². The van der Waals surface area contributed by atoms with Gasteiger partial charge < -0.3 is 28.4 Å². The van der Waals surface area contributed by atoms with Gasteiger partial charge in [-0.25, -0.2) is 0 Å². The van der Waals surface area contributed by atoms with Crippen molar-refractivity contribution in [2.75, 3.05) is 39.6 Å². The Labute approximate surface area is 608 Å². The van der Waals surface area contributed by atoms with Gasteiger partial charge in [-0.2, -0.15) is 0 Å². The molecule has 0 aromatic rings. The van der Waals surface area contributed by atoms with E-state index in [1.54, 1.807) is 0 Å². The number of carbonyl (C=O) groups is 6. The Bertz CT molecular complexity index is 3540. The number of rotatable bonds is 0. The smallest absolute Gasteiger partial charge is 0.312 e. The van der Waals surface area contributed by atoms with Crippen LogP contribution >= 0.6 is 0 Å². The highest BCUT2D eigenvalue weighted by molar-refractivity contribution is 5.81. The van der Waals surface area contributed by atoms with E-state index in [2.05, 4.69) is 48.5 Å². The zero-order valence-electron chi connectivity index (χ0n) is 62.9. The molecule has 6 heterocycles. The first-order chi connectivity index (χ1) is 49.2. The maximum absolute atomic E-state index is 12.2.